The van der Waals surface area contributed by atoms with Crippen molar-refractivity contribution in [3.05, 3.63) is 29.3 Å². The minimum absolute atomic E-state index is 0.264. The standard InChI is InChI=1S/C15H21N3O/c1-11-4-5-15(12(6-11)8-16)18-10-14(19)7-13(18)9-17(2)3/h4-6,13-14,19H,7,9-10H2,1-3H3. The van der Waals surface area contributed by atoms with Crippen LogP contribution in [0.3, 0.4) is 0 Å². The third kappa shape index (κ3) is 3.06. The number of aryl methyl sites for hydroxylation is 1. The van der Waals surface area contributed by atoms with Crippen LogP contribution in [0.15, 0.2) is 18.2 Å². The second-order valence-corrected chi connectivity index (χ2v) is 5.59. The summed E-state index contributed by atoms with van der Waals surface area (Å²) in [5.74, 6) is 0. The molecular weight excluding hydrogens is 238 g/mol. The number of likely N-dealkylation sites (N-methyl/N-ethyl adjacent to an activating group) is 1. The van der Waals surface area contributed by atoms with E-state index in [4.69, 9.17) is 0 Å². The van der Waals surface area contributed by atoms with E-state index < -0.39 is 0 Å². The first-order valence-corrected chi connectivity index (χ1v) is 6.61. The molecule has 102 valence electrons. The molecule has 1 N–H and O–H groups in total. The molecule has 0 spiro atoms. The zero-order valence-corrected chi connectivity index (χ0v) is 11.8. The van der Waals surface area contributed by atoms with Gasteiger partial charge in [0.15, 0.2) is 0 Å². The fourth-order valence-electron chi connectivity index (χ4n) is 2.77. The van der Waals surface area contributed by atoms with Crippen LogP contribution in [0.1, 0.15) is 17.5 Å². The number of aliphatic hydroxyl groups excluding tert-OH is 1. The van der Waals surface area contributed by atoms with Crippen LogP contribution in [-0.2, 0) is 0 Å². The van der Waals surface area contributed by atoms with Crippen LogP contribution >= 0.6 is 0 Å². The summed E-state index contributed by atoms with van der Waals surface area (Å²) in [6, 6.07) is 8.45. The normalized spacial score (nSPS) is 22.8. The second kappa shape index (κ2) is 5.60. The lowest BCUT2D eigenvalue weighted by molar-refractivity contribution is 0.191. The highest BCUT2D eigenvalue weighted by atomic mass is 16.3. The maximum absolute atomic E-state index is 9.92. The third-order valence-electron chi connectivity index (χ3n) is 3.55. The summed E-state index contributed by atoms with van der Waals surface area (Å²) in [6.45, 7) is 3.48. The van der Waals surface area contributed by atoms with Gasteiger partial charge in [-0.3, -0.25) is 0 Å². The molecule has 0 radical (unpaired) electrons. The van der Waals surface area contributed by atoms with Crippen LogP contribution in [0.4, 0.5) is 5.69 Å². The number of hydrogen-bond donors (Lipinski definition) is 1. The van der Waals surface area contributed by atoms with Crippen molar-refractivity contribution in [2.45, 2.75) is 25.5 Å². The Balaban J connectivity index is 2.31. The van der Waals surface area contributed by atoms with Gasteiger partial charge in [0.2, 0.25) is 0 Å². The molecule has 1 aromatic carbocycles. The van der Waals surface area contributed by atoms with Gasteiger partial charge in [-0.2, -0.15) is 5.26 Å². The number of anilines is 1. The Hall–Kier alpha value is -1.57. The minimum atomic E-state index is -0.308. The molecule has 0 aromatic heterocycles. The van der Waals surface area contributed by atoms with Crippen molar-refractivity contribution in [2.24, 2.45) is 0 Å². The van der Waals surface area contributed by atoms with E-state index in [0.717, 1.165) is 24.2 Å². The van der Waals surface area contributed by atoms with Crippen LogP contribution < -0.4 is 4.90 Å². The van der Waals surface area contributed by atoms with Crippen LogP contribution in [0, 0.1) is 18.3 Å². The number of nitriles is 1. The quantitative estimate of drug-likeness (QED) is 0.890. The van der Waals surface area contributed by atoms with Crippen LogP contribution in [-0.4, -0.2) is 49.3 Å². The summed E-state index contributed by atoms with van der Waals surface area (Å²) in [5, 5.41) is 19.2. The van der Waals surface area contributed by atoms with E-state index in [1.165, 1.54) is 0 Å². The Morgan fingerprint density at radius 2 is 2.21 bits per heavy atom. The Morgan fingerprint density at radius 3 is 2.84 bits per heavy atom. The van der Waals surface area contributed by atoms with E-state index in [1.807, 2.05) is 39.2 Å². The van der Waals surface area contributed by atoms with Crippen molar-refractivity contribution in [1.29, 1.82) is 5.26 Å². The van der Waals surface area contributed by atoms with E-state index in [9.17, 15) is 10.4 Å². The van der Waals surface area contributed by atoms with Gasteiger partial charge in [-0.15, -0.1) is 0 Å². The van der Waals surface area contributed by atoms with Gasteiger partial charge in [-0.1, -0.05) is 6.07 Å². The van der Waals surface area contributed by atoms with E-state index in [2.05, 4.69) is 15.9 Å². The number of nitrogens with zero attached hydrogens (tertiary/aromatic N) is 3. The molecule has 0 aliphatic carbocycles. The second-order valence-electron chi connectivity index (χ2n) is 5.59. The van der Waals surface area contributed by atoms with E-state index in [1.54, 1.807) is 0 Å². The lowest BCUT2D eigenvalue weighted by atomic mass is 10.1. The summed E-state index contributed by atoms with van der Waals surface area (Å²) in [7, 11) is 4.06. The third-order valence-corrected chi connectivity index (χ3v) is 3.55. The predicted octanol–water partition coefficient (Wildman–Crippen LogP) is 1.37. The molecule has 2 unspecified atom stereocenters. The van der Waals surface area contributed by atoms with Crippen LogP contribution in [0.25, 0.3) is 0 Å². The molecule has 4 heteroatoms. The first-order chi connectivity index (χ1) is 9.01. The molecule has 0 amide bonds. The van der Waals surface area contributed by atoms with Crippen molar-refractivity contribution in [2.75, 3.05) is 32.1 Å². The zero-order chi connectivity index (χ0) is 14.0. The molecule has 1 aliphatic heterocycles. The molecule has 1 heterocycles. The summed E-state index contributed by atoms with van der Waals surface area (Å²) < 4.78 is 0. The van der Waals surface area contributed by atoms with E-state index in [0.29, 0.717) is 12.1 Å². The first-order valence-electron chi connectivity index (χ1n) is 6.61. The van der Waals surface area contributed by atoms with E-state index in [-0.39, 0.29) is 12.1 Å². The lowest BCUT2D eigenvalue weighted by Gasteiger charge is -2.29. The van der Waals surface area contributed by atoms with Crippen molar-refractivity contribution < 1.29 is 5.11 Å². The Bertz CT molecular complexity index is 493. The number of benzene rings is 1. The van der Waals surface area contributed by atoms with Gasteiger partial charge < -0.3 is 14.9 Å². The fraction of sp³-hybridized carbons (Fsp3) is 0.533. The van der Waals surface area contributed by atoms with Crippen molar-refractivity contribution in [3.63, 3.8) is 0 Å². The molecule has 1 saturated heterocycles. The predicted molar refractivity (Wildman–Crippen MR) is 76.2 cm³/mol. The summed E-state index contributed by atoms with van der Waals surface area (Å²) in [4.78, 5) is 4.29. The zero-order valence-electron chi connectivity index (χ0n) is 11.8. The molecule has 0 saturated carbocycles. The molecule has 4 nitrogen and oxygen atoms in total. The average Bonchev–Trinajstić information content (AvgIpc) is 2.69. The van der Waals surface area contributed by atoms with Crippen molar-refractivity contribution in [3.8, 4) is 6.07 Å². The first kappa shape index (κ1) is 13.9. The average molecular weight is 259 g/mol. The number of aliphatic hydroxyl groups is 1. The Morgan fingerprint density at radius 1 is 1.47 bits per heavy atom. The van der Waals surface area contributed by atoms with Gasteiger partial charge in [-0.05, 0) is 45.1 Å². The molecule has 19 heavy (non-hydrogen) atoms. The lowest BCUT2D eigenvalue weighted by Crippen LogP contribution is -2.38. The van der Waals surface area contributed by atoms with Gasteiger partial charge in [0.05, 0.1) is 17.4 Å². The molecule has 2 atom stereocenters. The van der Waals surface area contributed by atoms with Crippen LogP contribution in [0.5, 0.6) is 0 Å². The van der Waals surface area contributed by atoms with Gasteiger partial charge in [0.1, 0.15) is 6.07 Å². The molecular formula is C15H21N3O. The molecule has 0 bridgehead atoms. The molecule has 1 fully saturated rings. The topological polar surface area (TPSA) is 50.5 Å². The van der Waals surface area contributed by atoms with Crippen molar-refractivity contribution in [1.82, 2.24) is 4.90 Å². The molecule has 1 aromatic rings. The van der Waals surface area contributed by atoms with Crippen LogP contribution in [0.2, 0.25) is 0 Å². The van der Waals surface area contributed by atoms with Gasteiger partial charge in [0.25, 0.3) is 0 Å². The molecule has 1 aliphatic rings. The van der Waals surface area contributed by atoms with Gasteiger partial charge >= 0.3 is 0 Å². The fourth-order valence-corrected chi connectivity index (χ4v) is 2.77. The molecule has 2 rings (SSSR count). The summed E-state index contributed by atoms with van der Waals surface area (Å²) in [6.07, 6.45) is 0.453. The summed E-state index contributed by atoms with van der Waals surface area (Å²) in [5.41, 5.74) is 2.72. The highest BCUT2D eigenvalue weighted by Crippen LogP contribution is 2.29. The van der Waals surface area contributed by atoms with Gasteiger partial charge in [-0.25, -0.2) is 0 Å². The van der Waals surface area contributed by atoms with E-state index >= 15 is 0 Å². The Kier molecular flexibility index (Phi) is 4.08. The monoisotopic (exact) mass is 259 g/mol. The SMILES string of the molecule is Cc1ccc(N2CC(O)CC2CN(C)C)c(C#N)c1. The Labute approximate surface area is 114 Å². The minimum Gasteiger partial charge on any atom is -0.391 e. The maximum atomic E-state index is 9.92. The highest BCUT2D eigenvalue weighted by molar-refractivity contribution is 5.61. The van der Waals surface area contributed by atoms with Crippen molar-refractivity contribution >= 4 is 5.69 Å². The largest absolute Gasteiger partial charge is 0.391 e. The highest BCUT2D eigenvalue weighted by Gasteiger charge is 2.32. The number of β-amino-alcohol motifs (C(OH)–C–C–N with tert-alkyl or cyclic N) is 1. The smallest absolute Gasteiger partial charge is 0.101 e. The number of hydrogen-bond acceptors (Lipinski definition) is 4. The maximum Gasteiger partial charge on any atom is 0.101 e. The van der Waals surface area contributed by atoms with Gasteiger partial charge in [0, 0.05) is 19.1 Å². The summed E-state index contributed by atoms with van der Waals surface area (Å²) >= 11 is 0. The number of rotatable bonds is 3.